The van der Waals surface area contributed by atoms with Gasteiger partial charge in [-0.15, -0.1) is 0 Å². The lowest BCUT2D eigenvalue weighted by molar-refractivity contribution is 0.160. The van der Waals surface area contributed by atoms with Crippen molar-refractivity contribution in [3.05, 3.63) is 30.4 Å². The fourth-order valence-electron chi connectivity index (χ4n) is 2.47. The van der Waals surface area contributed by atoms with Gasteiger partial charge in [-0.05, 0) is 12.1 Å². The molecule has 0 bridgehead atoms. The Labute approximate surface area is 141 Å². The van der Waals surface area contributed by atoms with Gasteiger partial charge in [0, 0.05) is 58.2 Å². The van der Waals surface area contributed by atoms with E-state index < -0.39 is 10.2 Å². The molecule has 1 aliphatic rings. The normalized spacial score (nSPS) is 17.5. The zero-order valence-corrected chi connectivity index (χ0v) is 14.5. The van der Waals surface area contributed by atoms with Crippen molar-refractivity contribution in [1.29, 1.82) is 0 Å². The molecule has 2 aromatic rings. The minimum Gasteiger partial charge on any atom is -0.338 e. The van der Waals surface area contributed by atoms with Crippen LogP contribution in [0.3, 0.4) is 0 Å². The quantitative estimate of drug-likeness (QED) is 0.750. The Hall–Kier alpha value is -1.88. The summed E-state index contributed by atoms with van der Waals surface area (Å²) in [4.78, 5) is 10.5. The molecule has 1 fully saturated rings. The van der Waals surface area contributed by atoms with Crippen LogP contribution >= 0.6 is 0 Å². The van der Waals surface area contributed by atoms with Gasteiger partial charge in [-0.2, -0.15) is 22.0 Å². The number of aromatic nitrogens is 3. The van der Waals surface area contributed by atoms with Gasteiger partial charge in [0.05, 0.1) is 6.54 Å². The van der Waals surface area contributed by atoms with E-state index in [2.05, 4.69) is 20.0 Å². The maximum Gasteiger partial charge on any atom is 0.281 e. The molecule has 24 heavy (non-hydrogen) atoms. The van der Waals surface area contributed by atoms with E-state index in [1.54, 1.807) is 26.5 Å². The second-order valence-electron chi connectivity index (χ2n) is 5.72. The zero-order chi connectivity index (χ0) is 17.2. The lowest BCUT2D eigenvalue weighted by Crippen LogP contribution is -2.51. The maximum atomic E-state index is 12.1. The Morgan fingerprint density at radius 2 is 2.00 bits per heavy atom. The average molecular weight is 352 g/mol. The fraction of sp³-hybridized carbons (Fsp3) is 0.500. The largest absolute Gasteiger partial charge is 0.338 e. The highest BCUT2D eigenvalue weighted by Gasteiger charge is 2.29. The fourth-order valence-corrected chi connectivity index (χ4v) is 3.56. The van der Waals surface area contributed by atoms with Crippen LogP contribution in [-0.2, 0) is 16.8 Å². The monoisotopic (exact) mass is 352 g/mol. The average Bonchev–Trinajstić information content (AvgIpc) is 3.04. The number of piperazine rings is 1. The molecule has 0 amide bonds. The highest BCUT2D eigenvalue weighted by molar-refractivity contribution is 7.86. The molecule has 3 rings (SSSR count). The van der Waals surface area contributed by atoms with Crippen LogP contribution in [0.5, 0.6) is 0 Å². The third-order valence-corrected chi connectivity index (χ3v) is 5.81. The molecule has 9 nitrogen and oxygen atoms in total. The summed E-state index contributed by atoms with van der Waals surface area (Å²) in [5, 5.41) is 3.96. The summed E-state index contributed by atoms with van der Waals surface area (Å²) in [6, 6.07) is 3.68. The predicted octanol–water partition coefficient (Wildman–Crippen LogP) is 0.0556. The first-order chi connectivity index (χ1) is 11.5. The lowest BCUT2D eigenvalue weighted by Gasteiger charge is -2.34. The third kappa shape index (κ3) is 3.61. The number of pyridine rings is 1. The van der Waals surface area contributed by atoms with Crippen LogP contribution in [0.1, 0.15) is 5.89 Å². The van der Waals surface area contributed by atoms with E-state index in [0.717, 1.165) is 5.56 Å². The second kappa shape index (κ2) is 6.93. The smallest absolute Gasteiger partial charge is 0.281 e. The summed E-state index contributed by atoms with van der Waals surface area (Å²) in [5.41, 5.74) is 0.800. The van der Waals surface area contributed by atoms with Crippen molar-refractivity contribution in [2.24, 2.45) is 0 Å². The molecule has 0 aliphatic carbocycles. The molecule has 10 heteroatoms. The van der Waals surface area contributed by atoms with E-state index in [9.17, 15) is 8.42 Å². The first-order valence-electron chi connectivity index (χ1n) is 7.60. The molecule has 0 spiro atoms. The van der Waals surface area contributed by atoms with Gasteiger partial charge in [0.25, 0.3) is 10.2 Å². The van der Waals surface area contributed by atoms with Crippen molar-refractivity contribution >= 4 is 10.2 Å². The second-order valence-corrected chi connectivity index (χ2v) is 7.86. The van der Waals surface area contributed by atoms with Gasteiger partial charge in [-0.25, -0.2) is 0 Å². The van der Waals surface area contributed by atoms with Crippen molar-refractivity contribution in [2.45, 2.75) is 6.54 Å². The van der Waals surface area contributed by atoms with E-state index in [4.69, 9.17) is 4.52 Å². The van der Waals surface area contributed by atoms with Crippen LogP contribution in [0, 0.1) is 0 Å². The Balaban J connectivity index is 1.58. The standard InChI is InChI=1S/C14H20N6O3S/c1-18(2)24(21,22)20-8-6-19(7-9-20)11-13-16-14(17-23-13)12-4-3-5-15-10-12/h3-5,10H,6-9,11H2,1-2H3. The lowest BCUT2D eigenvalue weighted by atomic mass is 10.3. The van der Waals surface area contributed by atoms with E-state index in [1.807, 2.05) is 12.1 Å². The van der Waals surface area contributed by atoms with Gasteiger partial charge in [-0.1, -0.05) is 5.16 Å². The van der Waals surface area contributed by atoms with Crippen molar-refractivity contribution < 1.29 is 12.9 Å². The zero-order valence-electron chi connectivity index (χ0n) is 13.7. The Morgan fingerprint density at radius 1 is 1.25 bits per heavy atom. The molecule has 0 saturated carbocycles. The van der Waals surface area contributed by atoms with Crippen LogP contribution in [0.4, 0.5) is 0 Å². The molecule has 1 saturated heterocycles. The molecule has 2 aromatic heterocycles. The first-order valence-corrected chi connectivity index (χ1v) is 8.99. The van der Waals surface area contributed by atoms with Crippen molar-refractivity contribution in [3.8, 4) is 11.4 Å². The highest BCUT2D eigenvalue weighted by atomic mass is 32.2. The topological polar surface area (TPSA) is 95.7 Å². The molecular formula is C14H20N6O3S. The molecule has 0 unspecified atom stereocenters. The van der Waals surface area contributed by atoms with E-state index in [-0.39, 0.29) is 0 Å². The first kappa shape index (κ1) is 17.0. The molecular weight excluding hydrogens is 332 g/mol. The molecule has 0 N–H and O–H groups in total. The summed E-state index contributed by atoms with van der Waals surface area (Å²) in [5.74, 6) is 1.02. The molecule has 0 atom stereocenters. The number of rotatable bonds is 5. The van der Waals surface area contributed by atoms with Crippen LogP contribution in [-0.4, -0.2) is 77.3 Å². The van der Waals surface area contributed by atoms with Crippen LogP contribution < -0.4 is 0 Å². The molecule has 1 aliphatic heterocycles. The van der Waals surface area contributed by atoms with Gasteiger partial charge in [0.2, 0.25) is 11.7 Å². The van der Waals surface area contributed by atoms with Crippen molar-refractivity contribution in [1.82, 2.24) is 28.6 Å². The molecule has 3 heterocycles. The van der Waals surface area contributed by atoms with Crippen LogP contribution in [0.15, 0.2) is 29.0 Å². The van der Waals surface area contributed by atoms with Crippen molar-refractivity contribution in [3.63, 3.8) is 0 Å². The van der Waals surface area contributed by atoms with Gasteiger partial charge >= 0.3 is 0 Å². The minimum atomic E-state index is -3.35. The van der Waals surface area contributed by atoms with Gasteiger partial charge in [0.15, 0.2) is 0 Å². The van der Waals surface area contributed by atoms with Gasteiger partial charge < -0.3 is 4.52 Å². The van der Waals surface area contributed by atoms with Crippen LogP contribution in [0.2, 0.25) is 0 Å². The summed E-state index contributed by atoms with van der Waals surface area (Å²) in [6.07, 6.45) is 3.37. The maximum absolute atomic E-state index is 12.1. The number of hydrogen-bond acceptors (Lipinski definition) is 7. The van der Waals surface area contributed by atoms with E-state index in [1.165, 1.54) is 8.61 Å². The molecule has 0 aromatic carbocycles. The van der Waals surface area contributed by atoms with Gasteiger partial charge in [-0.3, -0.25) is 9.88 Å². The third-order valence-electron chi connectivity index (χ3n) is 3.87. The summed E-state index contributed by atoms with van der Waals surface area (Å²) < 4.78 is 32.2. The Kier molecular flexibility index (Phi) is 4.90. The van der Waals surface area contributed by atoms with Crippen molar-refractivity contribution in [2.75, 3.05) is 40.3 Å². The predicted molar refractivity (Wildman–Crippen MR) is 87.0 cm³/mol. The van der Waals surface area contributed by atoms with E-state index in [0.29, 0.717) is 44.4 Å². The SMILES string of the molecule is CN(C)S(=O)(=O)N1CCN(Cc2nc(-c3cccnc3)no2)CC1. The minimum absolute atomic E-state index is 0.449. The Morgan fingerprint density at radius 3 is 2.62 bits per heavy atom. The number of hydrogen-bond donors (Lipinski definition) is 0. The Bertz CT molecular complexity index is 769. The molecule has 130 valence electrons. The van der Waals surface area contributed by atoms with Crippen LogP contribution in [0.25, 0.3) is 11.4 Å². The number of nitrogens with zero attached hydrogens (tertiary/aromatic N) is 6. The summed E-state index contributed by atoms with van der Waals surface area (Å²) >= 11 is 0. The van der Waals surface area contributed by atoms with Gasteiger partial charge in [0.1, 0.15) is 0 Å². The summed E-state index contributed by atoms with van der Waals surface area (Å²) in [7, 11) is -0.263. The summed E-state index contributed by atoms with van der Waals surface area (Å²) in [6.45, 7) is 2.65. The van der Waals surface area contributed by atoms with E-state index >= 15 is 0 Å². The molecule has 0 radical (unpaired) electrons. The highest BCUT2D eigenvalue weighted by Crippen LogP contribution is 2.16.